The Morgan fingerprint density at radius 1 is 1.13 bits per heavy atom. The fraction of sp³-hybridized carbons (Fsp3) is 0.304. The lowest BCUT2D eigenvalue weighted by molar-refractivity contribution is -0.690. The number of benzene rings is 2. The Hall–Kier alpha value is -3.52. The van der Waals surface area contributed by atoms with Gasteiger partial charge < -0.3 is 19.9 Å². The van der Waals surface area contributed by atoms with Gasteiger partial charge in [0.1, 0.15) is 11.6 Å². The van der Waals surface area contributed by atoms with Crippen molar-refractivity contribution in [2.75, 3.05) is 20.8 Å². The number of methoxy groups -OCH3 is 2. The van der Waals surface area contributed by atoms with Crippen LogP contribution in [0.5, 0.6) is 17.4 Å². The molecule has 0 aliphatic carbocycles. The molecule has 1 aliphatic heterocycles. The van der Waals surface area contributed by atoms with Crippen LogP contribution in [0.25, 0.3) is 5.69 Å². The molecule has 162 valence electrons. The first-order valence-electron chi connectivity index (χ1n) is 10.2. The Balaban J connectivity index is 1.90. The maximum Gasteiger partial charge on any atom is 0.335 e. The van der Waals surface area contributed by atoms with Crippen LogP contribution in [0, 0.1) is 0 Å². The third kappa shape index (κ3) is 3.59. The monoisotopic (exact) mass is 424 g/mol. The predicted molar refractivity (Wildman–Crippen MR) is 116 cm³/mol. The highest BCUT2D eigenvalue weighted by Crippen LogP contribution is 2.36. The molecule has 0 spiro atoms. The number of H-pyrrole nitrogens is 1. The molecule has 0 saturated heterocycles. The van der Waals surface area contributed by atoms with Crippen molar-refractivity contribution in [1.29, 1.82) is 0 Å². The van der Waals surface area contributed by atoms with Crippen molar-refractivity contribution < 1.29 is 19.9 Å². The molecule has 1 aliphatic rings. The van der Waals surface area contributed by atoms with Crippen molar-refractivity contribution in [1.82, 2.24) is 9.55 Å². The summed E-state index contributed by atoms with van der Waals surface area (Å²) >= 11 is 0. The van der Waals surface area contributed by atoms with Crippen LogP contribution >= 0.6 is 0 Å². The Morgan fingerprint density at radius 3 is 2.45 bits per heavy atom. The van der Waals surface area contributed by atoms with Crippen molar-refractivity contribution in [3.05, 3.63) is 79.5 Å². The van der Waals surface area contributed by atoms with Gasteiger partial charge >= 0.3 is 5.69 Å². The van der Waals surface area contributed by atoms with Crippen molar-refractivity contribution in [3.8, 4) is 23.1 Å². The number of hydrogen-bond acceptors (Lipinski definition) is 5. The fourth-order valence-electron chi connectivity index (χ4n) is 4.19. The van der Waals surface area contributed by atoms with Crippen LogP contribution < -0.4 is 26.0 Å². The molecule has 2 heterocycles. The van der Waals surface area contributed by atoms with Crippen LogP contribution in [0.3, 0.4) is 0 Å². The first kappa shape index (κ1) is 20.7. The summed E-state index contributed by atoms with van der Waals surface area (Å²) < 4.78 is 12.0. The second-order valence-corrected chi connectivity index (χ2v) is 7.51. The Morgan fingerprint density at radius 2 is 1.81 bits per heavy atom. The Kier molecular flexibility index (Phi) is 5.56. The van der Waals surface area contributed by atoms with Gasteiger partial charge in [0, 0.05) is 12.0 Å². The number of aromatic hydroxyl groups is 1. The molecule has 0 fully saturated rings. The maximum absolute atomic E-state index is 12.8. The largest absolute Gasteiger partial charge is 0.494 e. The van der Waals surface area contributed by atoms with Gasteiger partial charge in [0.2, 0.25) is 5.88 Å². The summed E-state index contributed by atoms with van der Waals surface area (Å²) in [5, 5.41) is 13.1. The van der Waals surface area contributed by atoms with Crippen LogP contribution in [-0.2, 0) is 12.8 Å². The minimum absolute atomic E-state index is 0.132. The number of nitrogens with zero attached hydrogens (tertiary/aromatic N) is 1. The van der Waals surface area contributed by atoms with Crippen molar-refractivity contribution >= 4 is 0 Å². The molecule has 0 unspecified atom stereocenters. The fourth-order valence-corrected chi connectivity index (χ4v) is 4.19. The standard InChI is InChI=1S/C23H25N3O5/c1-4-13-5-7-15(8-6-13)26-22(28)19(21(27)25-23(26)29)20-16-12-18(31-3)17(30-2)11-14(16)9-10-24-20/h5-8,11-12,20,24,28H,4,9-10H2,1-3H3,(H,25,27,29)/p+1/t20-/m0/s1. The SMILES string of the molecule is CCc1ccc(-n2c(O)c([C@H]3[NH2+]CCc4cc(OC)c(OC)cc43)c(=O)[nH]c2=O)cc1. The van der Waals surface area contributed by atoms with Crippen LogP contribution in [0.1, 0.15) is 35.2 Å². The average Bonchev–Trinajstić information content (AvgIpc) is 2.78. The minimum Gasteiger partial charge on any atom is -0.494 e. The second kappa shape index (κ2) is 8.31. The topological polar surface area (TPSA) is 110 Å². The predicted octanol–water partition coefficient (Wildman–Crippen LogP) is 1.02. The summed E-state index contributed by atoms with van der Waals surface area (Å²) in [5.74, 6) is 0.795. The third-order valence-corrected chi connectivity index (χ3v) is 5.83. The van der Waals surface area contributed by atoms with Crippen molar-refractivity contribution in [2.24, 2.45) is 0 Å². The van der Waals surface area contributed by atoms with Gasteiger partial charge in [0.25, 0.3) is 5.56 Å². The van der Waals surface area contributed by atoms with E-state index in [9.17, 15) is 14.7 Å². The molecule has 8 heteroatoms. The second-order valence-electron chi connectivity index (χ2n) is 7.51. The van der Waals surface area contributed by atoms with Crippen LogP contribution in [-0.4, -0.2) is 35.4 Å². The van der Waals surface area contributed by atoms with Crippen molar-refractivity contribution in [2.45, 2.75) is 25.8 Å². The maximum atomic E-state index is 12.8. The molecule has 31 heavy (non-hydrogen) atoms. The van der Waals surface area contributed by atoms with Gasteiger partial charge in [-0.3, -0.25) is 9.78 Å². The van der Waals surface area contributed by atoms with Gasteiger partial charge in [-0.25, -0.2) is 9.36 Å². The lowest BCUT2D eigenvalue weighted by Gasteiger charge is -2.26. The highest BCUT2D eigenvalue weighted by Gasteiger charge is 2.33. The normalized spacial score (nSPS) is 15.4. The van der Waals surface area contributed by atoms with Gasteiger partial charge in [-0.1, -0.05) is 19.1 Å². The number of fused-ring (bicyclic) bond motifs is 1. The molecule has 2 aromatic carbocycles. The summed E-state index contributed by atoms with van der Waals surface area (Å²) in [5.41, 5.74) is 2.29. The van der Waals surface area contributed by atoms with E-state index in [1.807, 2.05) is 36.5 Å². The number of aromatic amines is 1. The van der Waals surface area contributed by atoms with Gasteiger partial charge in [0.15, 0.2) is 11.5 Å². The Labute approximate surface area is 179 Å². The summed E-state index contributed by atoms with van der Waals surface area (Å²) in [6.45, 7) is 2.76. The number of quaternary nitrogens is 1. The minimum atomic E-state index is -0.682. The van der Waals surface area contributed by atoms with E-state index in [0.717, 1.165) is 40.6 Å². The number of nitrogens with two attached hydrogens (primary N) is 1. The lowest BCUT2D eigenvalue weighted by Crippen LogP contribution is -2.87. The van der Waals surface area contributed by atoms with Crippen LogP contribution in [0.4, 0.5) is 0 Å². The molecule has 4 rings (SSSR count). The molecule has 1 aromatic heterocycles. The number of ether oxygens (including phenoxy) is 2. The van der Waals surface area contributed by atoms with E-state index in [1.165, 1.54) is 0 Å². The van der Waals surface area contributed by atoms with E-state index in [-0.39, 0.29) is 11.4 Å². The molecule has 0 radical (unpaired) electrons. The van der Waals surface area contributed by atoms with E-state index in [2.05, 4.69) is 4.98 Å². The van der Waals surface area contributed by atoms with E-state index >= 15 is 0 Å². The van der Waals surface area contributed by atoms with E-state index < -0.39 is 17.3 Å². The summed E-state index contributed by atoms with van der Waals surface area (Å²) in [6.07, 6.45) is 1.64. The smallest absolute Gasteiger partial charge is 0.335 e. The molecule has 8 nitrogen and oxygen atoms in total. The summed E-state index contributed by atoms with van der Waals surface area (Å²) in [4.78, 5) is 27.8. The zero-order chi connectivity index (χ0) is 22.1. The molecule has 1 atom stereocenters. The first-order valence-corrected chi connectivity index (χ1v) is 10.2. The van der Waals surface area contributed by atoms with Gasteiger partial charge in [-0.15, -0.1) is 0 Å². The molecule has 0 bridgehead atoms. The van der Waals surface area contributed by atoms with E-state index in [1.54, 1.807) is 26.4 Å². The van der Waals surface area contributed by atoms with Crippen molar-refractivity contribution in [3.63, 3.8) is 0 Å². The van der Waals surface area contributed by atoms with Crippen LogP contribution in [0.2, 0.25) is 0 Å². The van der Waals surface area contributed by atoms with Gasteiger partial charge in [-0.05, 0) is 41.8 Å². The molecular formula is C23H26N3O5+. The Bertz CT molecular complexity index is 1230. The highest BCUT2D eigenvalue weighted by molar-refractivity contribution is 5.51. The van der Waals surface area contributed by atoms with Crippen LogP contribution in [0.15, 0.2) is 46.0 Å². The third-order valence-electron chi connectivity index (χ3n) is 5.83. The summed E-state index contributed by atoms with van der Waals surface area (Å²) in [7, 11) is 3.13. The molecular weight excluding hydrogens is 398 g/mol. The number of aryl methyl sites for hydroxylation is 1. The molecule has 0 saturated carbocycles. The van der Waals surface area contributed by atoms with E-state index in [0.29, 0.717) is 17.2 Å². The zero-order valence-electron chi connectivity index (χ0n) is 17.8. The zero-order valence-corrected chi connectivity index (χ0v) is 17.8. The summed E-state index contributed by atoms with van der Waals surface area (Å²) in [6, 6.07) is 10.5. The number of aromatic nitrogens is 2. The lowest BCUT2D eigenvalue weighted by atomic mass is 9.90. The first-order chi connectivity index (χ1) is 15.0. The average molecular weight is 424 g/mol. The van der Waals surface area contributed by atoms with E-state index in [4.69, 9.17) is 9.47 Å². The van der Waals surface area contributed by atoms with Gasteiger partial charge in [-0.2, -0.15) is 0 Å². The molecule has 4 N–H and O–H groups in total. The number of nitrogens with one attached hydrogen (secondary N) is 1. The highest BCUT2D eigenvalue weighted by atomic mass is 16.5. The number of rotatable bonds is 5. The number of hydrogen-bond donors (Lipinski definition) is 3. The quantitative estimate of drug-likeness (QED) is 0.567. The molecule has 0 amide bonds. The van der Waals surface area contributed by atoms with Gasteiger partial charge in [0.05, 0.1) is 26.5 Å². The molecule has 3 aromatic rings.